The van der Waals surface area contributed by atoms with Gasteiger partial charge in [0.15, 0.2) is 0 Å². The molecule has 5 rings (SSSR count). The minimum Gasteiger partial charge on any atom is -0.490 e. The summed E-state index contributed by atoms with van der Waals surface area (Å²) in [5.74, 6) is -0.714. The fourth-order valence-corrected chi connectivity index (χ4v) is 8.67. The van der Waals surface area contributed by atoms with Crippen LogP contribution in [0, 0.1) is 27.9 Å². The first-order chi connectivity index (χ1) is 27.3. The maximum Gasteiger partial charge on any atom is 0.269 e. The third-order valence-corrected chi connectivity index (χ3v) is 11.0. The number of carbonyl (C=O) groups is 1. The number of unbranched alkanes of at least 4 members (excludes halogenated alkanes) is 2. The molecule has 1 heterocycles. The third-order valence-electron chi connectivity index (χ3n) is 11.0. The zero-order chi connectivity index (χ0) is 40.1. The van der Waals surface area contributed by atoms with Crippen molar-refractivity contribution in [3.05, 3.63) is 107 Å². The molecule has 1 amide bonds. The fraction of sp³-hybridized carbons (Fsp3) is 0.500. The smallest absolute Gasteiger partial charge is 0.269 e. The number of nitrogens with zero attached hydrogens (tertiary/aromatic N) is 3. The Labute approximate surface area is 330 Å². The van der Waals surface area contributed by atoms with Gasteiger partial charge < -0.3 is 34.2 Å². The summed E-state index contributed by atoms with van der Waals surface area (Å²) in [5.41, 5.74) is 3.28. The highest BCUT2D eigenvalue weighted by atomic mass is 16.7. The maximum atomic E-state index is 14.5. The number of fused-ring (bicyclic) bond motifs is 2. The molecule has 1 aliphatic heterocycles. The fourth-order valence-electron chi connectivity index (χ4n) is 8.67. The molecule has 2 aliphatic carbocycles. The lowest BCUT2D eigenvalue weighted by molar-refractivity contribution is -0.384. The van der Waals surface area contributed by atoms with E-state index in [1.807, 2.05) is 26.0 Å². The molecule has 0 spiro atoms. The van der Waals surface area contributed by atoms with E-state index in [0.29, 0.717) is 56.1 Å². The number of aliphatic hydroxyl groups is 2. The molecule has 0 bridgehead atoms. The first kappa shape index (κ1) is 42.4. The van der Waals surface area contributed by atoms with Gasteiger partial charge in [-0.15, -0.1) is 6.58 Å². The van der Waals surface area contributed by atoms with Crippen LogP contribution >= 0.6 is 0 Å². The van der Waals surface area contributed by atoms with Crippen LogP contribution in [0.25, 0.3) is 6.08 Å². The molecule has 302 valence electrons. The van der Waals surface area contributed by atoms with Gasteiger partial charge in [-0.1, -0.05) is 49.7 Å². The summed E-state index contributed by atoms with van der Waals surface area (Å²) < 4.78 is 20.3. The predicted molar refractivity (Wildman–Crippen MR) is 216 cm³/mol. The number of nitro benzene ring substituents is 1. The SMILES string of the molecule is C=CCOc1ccc2c(c1)[C@H]1[C@H](CCCCO)[C@@H](CCCCO)C=C3C(=NOCC)C[C@H](N(CCC)C(=O)C=Cc4ccc([N+](=O)[O-])cc4)[C@@](OCC=C)(O2)[C@H]31. The first-order valence-corrected chi connectivity index (χ1v) is 19.9. The van der Waals surface area contributed by atoms with Gasteiger partial charge in [0.1, 0.15) is 30.8 Å². The molecule has 1 saturated carbocycles. The molecule has 0 aromatic heterocycles. The molecule has 2 aromatic carbocycles. The molecule has 3 aliphatic rings. The zero-order valence-corrected chi connectivity index (χ0v) is 32.7. The van der Waals surface area contributed by atoms with Crippen LogP contribution in [-0.4, -0.2) is 83.1 Å². The quantitative estimate of drug-likeness (QED) is 0.0402. The summed E-state index contributed by atoms with van der Waals surface area (Å²) in [6.07, 6.45) is 14.5. The van der Waals surface area contributed by atoms with Gasteiger partial charge in [-0.3, -0.25) is 14.9 Å². The van der Waals surface area contributed by atoms with E-state index in [2.05, 4.69) is 25.3 Å². The number of oxime groups is 1. The second kappa shape index (κ2) is 20.4. The van der Waals surface area contributed by atoms with Gasteiger partial charge >= 0.3 is 0 Å². The molecule has 0 saturated heterocycles. The van der Waals surface area contributed by atoms with Crippen LogP contribution in [0.2, 0.25) is 0 Å². The monoisotopic (exact) mass is 771 g/mol. The van der Waals surface area contributed by atoms with E-state index in [1.54, 1.807) is 35.3 Å². The van der Waals surface area contributed by atoms with Crippen LogP contribution in [0.3, 0.4) is 0 Å². The van der Waals surface area contributed by atoms with Crippen molar-refractivity contribution in [3.8, 4) is 11.5 Å². The first-order valence-electron chi connectivity index (χ1n) is 19.9. The van der Waals surface area contributed by atoms with E-state index in [1.165, 1.54) is 18.2 Å². The molecular weight excluding hydrogens is 714 g/mol. The minimum atomic E-state index is -1.37. The average Bonchev–Trinajstić information content (AvgIpc) is 3.21. The normalized spacial score (nSPS) is 24.4. The summed E-state index contributed by atoms with van der Waals surface area (Å²) in [6, 6.07) is 11.2. The maximum absolute atomic E-state index is 14.5. The number of ether oxygens (including phenoxy) is 3. The van der Waals surface area contributed by atoms with E-state index in [9.17, 15) is 25.1 Å². The van der Waals surface area contributed by atoms with Gasteiger partial charge in [0.05, 0.1) is 23.2 Å². The number of hydrogen-bond donors (Lipinski definition) is 2. The van der Waals surface area contributed by atoms with Crippen LogP contribution in [0.5, 0.6) is 11.5 Å². The van der Waals surface area contributed by atoms with Crippen molar-refractivity contribution in [2.24, 2.45) is 22.9 Å². The van der Waals surface area contributed by atoms with Crippen molar-refractivity contribution in [1.82, 2.24) is 4.90 Å². The average molecular weight is 772 g/mol. The molecule has 1 fully saturated rings. The highest BCUT2D eigenvalue weighted by Gasteiger charge is 2.65. The lowest BCUT2D eigenvalue weighted by Gasteiger charge is -2.60. The Morgan fingerprint density at radius 1 is 1.05 bits per heavy atom. The number of amides is 1. The van der Waals surface area contributed by atoms with Crippen molar-refractivity contribution >= 4 is 23.4 Å². The van der Waals surface area contributed by atoms with Crippen molar-refractivity contribution in [3.63, 3.8) is 0 Å². The Bertz CT molecular complexity index is 1760. The van der Waals surface area contributed by atoms with E-state index >= 15 is 0 Å². The van der Waals surface area contributed by atoms with Gasteiger partial charge in [-0.05, 0) is 98.4 Å². The van der Waals surface area contributed by atoms with Gasteiger partial charge in [0.25, 0.3) is 5.69 Å². The lowest BCUT2D eigenvalue weighted by Crippen LogP contribution is -2.70. The Balaban J connectivity index is 1.73. The second-order valence-corrected chi connectivity index (χ2v) is 14.5. The van der Waals surface area contributed by atoms with Gasteiger partial charge in [0.2, 0.25) is 11.7 Å². The molecule has 12 heteroatoms. The number of non-ortho nitro benzene ring substituents is 1. The van der Waals surface area contributed by atoms with E-state index < -0.39 is 22.7 Å². The molecule has 6 atom stereocenters. The summed E-state index contributed by atoms with van der Waals surface area (Å²) in [7, 11) is 0. The highest BCUT2D eigenvalue weighted by molar-refractivity contribution is 6.03. The van der Waals surface area contributed by atoms with E-state index in [4.69, 9.17) is 24.2 Å². The number of carbonyl (C=O) groups excluding carboxylic acids is 1. The van der Waals surface area contributed by atoms with Gasteiger partial charge in [-0.25, -0.2) is 0 Å². The standard InChI is InChI=1S/C44H57N3O9/c1-5-23-46(41(50)22-17-31-15-18-33(19-16-31)47(51)52)40-30-38(45-55-8-4)36-28-32(13-9-11-24-48)35(14-10-12-25-49)42-37-29-34(53-26-6-2)20-21-39(37)56-44(40,43(36)42)54-27-7-3/h6-7,15-22,28-29,32,35,40,42-43,48-49H,2-3,5,8-14,23-27,30H2,1,4H3/t32-,35+,40-,42+,43+,44+/m0/s1. The minimum absolute atomic E-state index is 0.0315. The molecule has 2 N–H and O–H groups in total. The van der Waals surface area contributed by atoms with Crippen LogP contribution in [-0.2, 0) is 14.4 Å². The Kier molecular flexibility index (Phi) is 15.4. The molecule has 0 unspecified atom stereocenters. The van der Waals surface area contributed by atoms with Crippen LogP contribution in [0.4, 0.5) is 5.69 Å². The predicted octanol–water partition coefficient (Wildman–Crippen LogP) is 7.77. The topological polar surface area (TPSA) is 153 Å². The van der Waals surface area contributed by atoms with Crippen LogP contribution < -0.4 is 9.47 Å². The van der Waals surface area contributed by atoms with Crippen LogP contribution in [0.15, 0.2) is 90.7 Å². The zero-order valence-electron chi connectivity index (χ0n) is 32.7. The number of benzene rings is 2. The van der Waals surface area contributed by atoms with E-state index in [0.717, 1.165) is 42.5 Å². The summed E-state index contributed by atoms with van der Waals surface area (Å²) >= 11 is 0. The molecular formula is C44H57N3O9. The number of hydrogen-bond acceptors (Lipinski definition) is 10. The molecule has 0 radical (unpaired) electrons. The van der Waals surface area contributed by atoms with Crippen molar-refractivity contribution in [2.45, 2.75) is 83.0 Å². The summed E-state index contributed by atoms with van der Waals surface area (Å²) in [6.45, 7) is 13.2. The number of rotatable bonds is 22. The Morgan fingerprint density at radius 3 is 2.45 bits per heavy atom. The number of nitro groups is 1. The van der Waals surface area contributed by atoms with Gasteiger partial charge in [0, 0.05) is 55.9 Å². The number of aliphatic hydroxyl groups excluding tert-OH is 2. The van der Waals surface area contributed by atoms with Crippen molar-refractivity contribution in [2.75, 3.05) is 39.6 Å². The lowest BCUT2D eigenvalue weighted by atomic mass is 9.55. The molecule has 2 aromatic rings. The number of allylic oxidation sites excluding steroid dienone is 1. The van der Waals surface area contributed by atoms with Crippen LogP contribution in [0.1, 0.15) is 82.3 Å². The third kappa shape index (κ3) is 9.42. The summed E-state index contributed by atoms with van der Waals surface area (Å²) in [4.78, 5) is 32.9. The highest BCUT2D eigenvalue weighted by Crippen LogP contribution is 2.62. The molecule has 12 nitrogen and oxygen atoms in total. The van der Waals surface area contributed by atoms with Crippen molar-refractivity contribution < 1.29 is 39.0 Å². The van der Waals surface area contributed by atoms with Crippen molar-refractivity contribution in [1.29, 1.82) is 0 Å². The second-order valence-electron chi connectivity index (χ2n) is 14.5. The Morgan fingerprint density at radius 2 is 1.79 bits per heavy atom. The molecule has 56 heavy (non-hydrogen) atoms. The van der Waals surface area contributed by atoms with Gasteiger partial charge in [-0.2, -0.15) is 0 Å². The Hall–Kier alpha value is -4.78. The summed E-state index contributed by atoms with van der Waals surface area (Å²) in [5, 5.41) is 35.6. The largest absolute Gasteiger partial charge is 0.490 e. The van der Waals surface area contributed by atoms with E-state index in [-0.39, 0.29) is 55.6 Å².